The van der Waals surface area contributed by atoms with Gasteiger partial charge >= 0.3 is 0 Å². The summed E-state index contributed by atoms with van der Waals surface area (Å²) in [7, 11) is 0. The minimum Gasteiger partial charge on any atom is -0.366 e. The lowest BCUT2D eigenvalue weighted by atomic mass is 9.78. The van der Waals surface area contributed by atoms with Crippen LogP contribution in [0.4, 0.5) is 0 Å². The molecule has 112 valence electrons. The fourth-order valence-corrected chi connectivity index (χ4v) is 2.70. The zero-order valence-electron chi connectivity index (χ0n) is 11.8. The molecule has 1 heterocycles. The molecule has 4 nitrogen and oxygen atoms in total. The lowest BCUT2D eigenvalue weighted by molar-refractivity contribution is -0.135. The van der Waals surface area contributed by atoms with Crippen molar-refractivity contribution in [3.05, 3.63) is 0 Å². The second-order valence-electron chi connectivity index (χ2n) is 5.51. The molecule has 2 aliphatic rings. The number of nitrogens with one attached hydrogen (secondary N) is 2. The first-order valence-corrected chi connectivity index (χ1v) is 7.44. The van der Waals surface area contributed by atoms with Gasteiger partial charge in [0.15, 0.2) is 0 Å². The van der Waals surface area contributed by atoms with Crippen LogP contribution in [-0.4, -0.2) is 37.7 Å². The molecule has 1 aliphatic carbocycles. The van der Waals surface area contributed by atoms with Gasteiger partial charge in [0.25, 0.3) is 5.91 Å². The molecule has 2 atom stereocenters. The van der Waals surface area contributed by atoms with Crippen LogP contribution in [0.15, 0.2) is 0 Å². The normalized spacial score (nSPS) is 25.0. The summed E-state index contributed by atoms with van der Waals surface area (Å²) >= 11 is 0. The Kier molecular flexibility index (Phi) is 7.73. The van der Waals surface area contributed by atoms with Crippen molar-refractivity contribution in [2.45, 2.75) is 57.6 Å². The predicted molar refractivity (Wildman–Crippen MR) is 78.7 cm³/mol. The number of amides is 1. The molecule has 0 bridgehead atoms. The SMILES string of the molecule is CCCCC(NC(=O)C1CNCCO1)C1CCC1.Cl. The molecule has 2 rings (SSSR count). The number of hydrogen-bond acceptors (Lipinski definition) is 3. The summed E-state index contributed by atoms with van der Waals surface area (Å²) in [6.07, 6.45) is 7.10. The maximum atomic E-state index is 12.1. The quantitative estimate of drug-likeness (QED) is 0.785. The minimum absolute atomic E-state index is 0. The van der Waals surface area contributed by atoms with Crippen molar-refractivity contribution >= 4 is 18.3 Å². The van der Waals surface area contributed by atoms with E-state index in [2.05, 4.69) is 17.6 Å². The summed E-state index contributed by atoms with van der Waals surface area (Å²) in [5.41, 5.74) is 0. The smallest absolute Gasteiger partial charge is 0.250 e. The standard InChI is InChI=1S/C14H26N2O2.ClH/c1-2-3-7-12(11-5-4-6-11)16-14(17)13-10-15-8-9-18-13;/h11-13,15H,2-10H2,1H3,(H,16,17);1H. The number of carbonyl (C=O) groups is 1. The third-order valence-corrected chi connectivity index (χ3v) is 4.14. The zero-order chi connectivity index (χ0) is 12.8. The van der Waals surface area contributed by atoms with Gasteiger partial charge in [-0.1, -0.05) is 26.2 Å². The van der Waals surface area contributed by atoms with Crippen LogP contribution in [0, 0.1) is 5.92 Å². The van der Waals surface area contributed by atoms with Crippen LogP contribution < -0.4 is 10.6 Å². The molecule has 2 unspecified atom stereocenters. The van der Waals surface area contributed by atoms with E-state index in [1.807, 2.05) is 0 Å². The Morgan fingerprint density at radius 1 is 1.47 bits per heavy atom. The molecule has 5 heteroatoms. The van der Waals surface area contributed by atoms with Crippen molar-refractivity contribution in [2.75, 3.05) is 19.7 Å². The largest absolute Gasteiger partial charge is 0.366 e. The molecule has 0 aromatic rings. The average Bonchev–Trinajstić information content (AvgIpc) is 2.34. The summed E-state index contributed by atoms with van der Waals surface area (Å²) in [5.74, 6) is 0.784. The molecule has 19 heavy (non-hydrogen) atoms. The molecular weight excluding hydrogens is 264 g/mol. The Labute approximate surface area is 122 Å². The Morgan fingerprint density at radius 2 is 2.26 bits per heavy atom. The fourth-order valence-electron chi connectivity index (χ4n) is 2.70. The number of halogens is 1. The van der Waals surface area contributed by atoms with E-state index in [0.29, 0.717) is 25.1 Å². The molecule has 1 saturated heterocycles. The van der Waals surface area contributed by atoms with Gasteiger partial charge in [-0.3, -0.25) is 4.79 Å². The molecule has 2 fully saturated rings. The highest BCUT2D eigenvalue weighted by Gasteiger charge is 2.30. The highest BCUT2D eigenvalue weighted by molar-refractivity contribution is 5.85. The molecule has 0 radical (unpaired) electrons. The van der Waals surface area contributed by atoms with E-state index in [9.17, 15) is 4.79 Å². The Morgan fingerprint density at radius 3 is 2.79 bits per heavy atom. The molecule has 0 spiro atoms. The van der Waals surface area contributed by atoms with Crippen molar-refractivity contribution in [3.8, 4) is 0 Å². The van der Waals surface area contributed by atoms with Gasteiger partial charge in [-0.05, 0) is 25.2 Å². The maximum Gasteiger partial charge on any atom is 0.250 e. The maximum absolute atomic E-state index is 12.1. The fraction of sp³-hybridized carbons (Fsp3) is 0.929. The van der Waals surface area contributed by atoms with Crippen LogP contribution in [0.1, 0.15) is 45.4 Å². The highest BCUT2D eigenvalue weighted by atomic mass is 35.5. The summed E-state index contributed by atoms with van der Waals surface area (Å²) in [6.45, 7) is 4.34. The van der Waals surface area contributed by atoms with E-state index < -0.39 is 0 Å². The van der Waals surface area contributed by atoms with Crippen LogP contribution in [0.5, 0.6) is 0 Å². The predicted octanol–water partition coefficient (Wildman–Crippen LogP) is 1.87. The molecule has 0 aromatic heterocycles. The van der Waals surface area contributed by atoms with Crippen LogP contribution in [0.3, 0.4) is 0 Å². The summed E-state index contributed by atoms with van der Waals surface area (Å²) < 4.78 is 5.50. The van der Waals surface area contributed by atoms with Gasteiger partial charge in [0.05, 0.1) is 6.61 Å². The second-order valence-corrected chi connectivity index (χ2v) is 5.51. The summed E-state index contributed by atoms with van der Waals surface area (Å²) in [6, 6.07) is 0.372. The number of unbranched alkanes of at least 4 members (excludes halogenated alkanes) is 1. The number of morpholine rings is 1. The van der Waals surface area contributed by atoms with Gasteiger partial charge in [0.1, 0.15) is 6.10 Å². The highest BCUT2D eigenvalue weighted by Crippen LogP contribution is 2.31. The monoisotopic (exact) mass is 290 g/mol. The van der Waals surface area contributed by atoms with Gasteiger partial charge in [-0.2, -0.15) is 0 Å². The topological polar surface area (TPSA) is 50.4 Å². The van der Waals surface area contributed by atoms with E-state index >= 15 is 0 Å². The van der Waals surface area contributed by atoms with E-state index in [-0.39, 0.29) is 24.4 Å². The van der Waals surface area contributed by atoms with Gasteiger partial charge in [0, 0.05) is 19.1 Å². The Balaban J connectivity index is 0.00000180. The molecule has 1 aliphatic heterocycles. The number of hydrogen-bond donors (Lipinski definition) is 2. The Hall–Kier alpha value is -0.320. The molecule has 1 amide bonds. The van der Waals surface area contributed by atoms with Crippen LogP contribution >= 0.6 is 12.4 Å². The van der Waals surface area contributed by atoms with Gasteiger partial charge < -0.3 is 15.4 Å². The number of ether oxygens (including phenoxy) is 1. The van der Waals surface area contributed by atoms with Crippen molar-refractivity contribution < 1.29 is 9.53 Å². The molecule has 1 saturated carbocycles. The molecule has 0 aromatic carbocycles. The minimum atomic E-state index is -0.289. The lowest BCUT2D eigenvalue weighted by Gasteiger charge is -2.35. The van der Waals surface area contributed by atoms with Crippen molar-refractivity contribution in [1.29, 1.82) is 0 Å². The van der Waals surface area contributed by atoms with Crippen molar-refractivity contribution in [1.82, 2.24) is 10.6 Å². The van der Waals surface area contributed by atoms with E-state index in [1.54, 1.807) is 0 Å². The van der Waals surface area contributed by atoms with E-state index in [4.69, 9.17) is 4.74 Å². The Bertz CT molecular complexity index is 266. The van der Waals surface area contributed by atoms with Crippen molar-refractivity contribution in [3.63, 3.8) is 0 Å². The van der Waals surface area contributed by atoms with E-state index in [1.165, 1.54) is 32.1 Å². The van der Waals surface area contributed by atoms with Crippen molar-refractivity contribution in [2.24, 2.45) is 5.92 Å². The van der Waals surface area contributed by atoms with Crippen LogP contribution in [-0.2, 0) is 9.53 Å². The van der Waals surface area contributed by atoms with Crippen LogP contribution in [0.25, 0.3) is 0 Å². The summed E-state index contributed by atoms with van der Waals surface area (Å²) in [5, 5.41) is 6.42. The number of rotatable bonds is 6. The van der Waals surface area contributed by atoms with E-state index in [0.717, 1.165) is 13.0 Å². The van der Waals surface area contributed by atoms with Gasteiger partial charge in [-0.25, -0.2) is 0 Å². The molecule has 2 N–H and O–H groups in total. The number of carbonyl (C=O) groups excluding carboxylic acids is 1. The summed E-state index contributed by atoms with van der Waals surface area (Å²) in [4.78, 5) is 12.1. The zero-order valence-corrected chi connectivity index (χ0v) is 12.6. The molecular formula is C14H27ClN2O2. The first-order chi connectivity index (χ1) is 8.81. The third-order valence-electron chi connectivity index (χ3n) is 4.14. The first kappa shape index (κ1) is 16.7. The first-order valence-electron chi connectivity index (χ1n) is 7.44. The average molecular weight is 291 g/mol. The second kappa shape index (κ2) is 8.77. The third kappa shape index (κ3) is 4.93. The van der Waals surface area contributed by atoms with Gasteiger partial charge in [0.2, 0.25) is 0 Å². The lowest BCUT2D eigenvalue weighted by Crippen LogP contribution is -2.52. The van der Waals surface area contributed by atoms with Crippen LogP contribution in [0.2, 0.25) is 0 Å². The van der Waals surface area contributed by atoms with Gasteiger partial charge in [-0.15, -0.1) is 12.4 Å².